The van der Waals surface area contributed by atoms with Gasteiger partial charge in [-0.1, -0.05) is 49.9 Å². The van der Waals surface area contributed by atoms with Crippen molar-refractivity contribution in [3.05, 3.63) is 65.5 Å². The molecule has 146 valence electrons. The second-order valence-corrected chi connectivity index (χ2v) is 9.74. The van der Waals surface area contributed by atoms with E-state index in [-0.39, 0.29) is 11.0 Å². The van der Waals surface area contributed by atoms with E-state index >= 15 is 0 Å². The van der Waals surface area contributed by atoms with Crippen molar-refractivity contribution in [1.82, 2.24) is 0 Å². The SMILES string of the molecule is CS(=O)(=O)c1ccc(F)cc1.OC1c2ccccc2CC1CC1CCCC1. The Labute approximate surface area is 161 Å². The molecule has 2 unspecified atom stereocenters. The van der Waals surface area contributed by atoms with Crippen LogP contribution in [0.15, 0.2) is 53.4 Å². The molecule has 0 bridgehead atoms. The largest absolute Gasteiger partial charge is 0.388 e. The molecule has 2 atom stereocenters. The Kier molecular flexibility index (Phi) is 6.33. The zero-order valence-corrected chi connectivity index (χ0v) is 16.5. The molecule has 2 aliphatic carbocycles. The Morgan fingerprint density at radius 3 is 2.26 bits per heavy atom. The van der Waals surface area contributed by atoms with E-state index in [0.29, 0.717) is 5.92 Å². The molecule has 0 aliphatic heterocycles. The summed E-state index contributed by atoms with van der Waals surface area (Å²) in [6.45, 7) is 0. The molecule has 1 N–H and O–H groups in total. The monoisotopic (exact) mass is 390 g/mol. The second kappa shape index (κ2) is 8.53. The van der Waals surface area contributed by atoms with Crippen molar-refractivity contribution < 1.29 is 17.9 Å². The molecule has 1 saturated carbocycles. The van der Waals surface area contributed by atoms with Crippen molar-refractivity contribution in [3.8, 4) is 0 Å². The van der Waals surface area contributed by atoms with Gasteiger partial charge in [-0.15, -0.1) is 0 Å². The third-order valence-electron chi connectivity index (χ3n) is 5.65. The van der Waals surface area contributed by atoms with Gasteiger partial charge in [-0.25, -0.2) is 12.8 Å². The van der Waals surface area contributed by atoms with Crippen molar-refractivity contribution in [2.24, 2.45) is 11.8 Å². The molecule has 0 heterocycles. The summed E-state index contributed by atoms with van der Waals surface area (Å²) in [7, 11) is -3.19. The fraction of sp³-hybridized carbons (Fsp3) is 0.455. The number of fused-ring (bicyclic) bond motifs is 1. The van der Waals surface area contributed by atoms with Gasteiger partial charge in [-0.05, 0) is 60.1 Å². The Morgan fingerprint density at radius 2 is 1.67 bits per heavy atom. The topological polar surface area (TPSA) is 54.4 Å². The first-order valence-corrected chi connectivity index (χ1v) is 11.4. The molecule has 0 saturated heterocycles. The van der Waals surface area contributed by atoms with E-state index < -0.39 is 15.7 Å². The summed E-state index contributed by atoms with van der Waals surface area (Å²) in [6, 6.07) is 13.1. The fourth-order valence-corrected chi connectivity index (χ4v) is 4.86. The van der Waals surface area contributed by atoms with Crippen LogP contribution in [0.1, 0.15) is 49.3 Å². The van der Waals surface area contributed by atoms with Crippen LogP contribution >= 0.6 is 0 Å². The van der Waals surface area contributed by atoms with Gasteiger partial charge in [0.15, 0.2) is 9.84 Å². The van der Waals surface area contributed by atoms with Crippen molar-refractivity contribution in [2.45, 2.75) is 49.5 Å². The van der Waals surface area contributed by atoms with Crippen LogP contribution in [0.2, 0.25) is 0 Å². The van der Waals surface area contributed by atoms with Crippen LogP contribution in [-0.2, 0) is 16.3 Å². The van der Waals surface area contributed by atoms with Gasteiger partial charge in [0, 0.05) is 6.26 Å². The highest BCUT2D eigenvalue weighted by molar-refractivity contribution is 7.90. The van der Waals surface area contributed by atoms with Crippen molar-refractivity contribution in [3.63, 3.8) is 0 Å². The number of benzene rings is 2. The second-order valence-electron chi connectivity index (χ2n) is 7.72. The first-order chi connectivity index (χ1) is 12.8. The Balaban J connectivity index is 0.000000168. The number of aliphatic hydroxyl groups excluding tert-OH is 1. The molecule has 0 radical (unpaired) electrons. The standard InChI is InChI=1S/C15H20O.C7H7FO2S/c16-15-13(9-11-5-1-2-6-11)10-12-7-3-4-8-14(12)15;1-11(9,10)7-4-2-6(8)3-5-7/h3-4,7-8,11,13,15-16H,1-2,5-6,9-10H2;2-5H,1H3. The molecule has 3 nitrogen and oxygen atoms in total. The predicted molar refractivity (Wildman–Crippen MR) is 105 cm³/mol. The molecule has 2 aliphatic rings. The lowest BCUT2D eigenvalue weighted by atomic mass is 9.90. The zero-order valence-electron chi connectivity index (χ0n) is 15.6. The molecule has 5 heteroatoms. The van der Waals surface area contributed by atoms with Gasteiger partial charge >= 0.3 is 0 Å². The van der Waals surface area contributed by atoms with Crippen LogP contribution in [0.3, 0.4) is 0 Å². The lowest BCUT2D eigenvalue weighted by Gasteiger charge is -2.18. The van der Waals surface area contributed by atoms with E-state index in [1.807, 2.05) is 6.07 Å². The first kappa shape index (κ1) is 20.0. The Hall–Kier alpha value is -1.72. The molecule has 0 amide bonds. The normalized spacial score (nSPS) is 22.2. The maximum absolute atomic E-state index is 12.3. The van der Waals surface area contributed by atoms with Gasteiger partial charge in [-0.2, -0.15) is 0 Å². The summed E-state index contributed by atoms with van der Waals surface area (Å²) >= 11 is 0. The van der Waals surface area contributed by atoms with E-state index in [1.54, 1.807) is 0 Å². The van der Waals surface area contributed by atoms with Crippen molar-refractivity contribution in [2.75, 3.05) is 6.26 Å². The predicted octanol–water partition coefficient (Wildman–Crippen LogP) is 4.70. The average molecular weight is 391 g/mol. The molecule has 2 aromatic carbocycles. The number of hydrogen-bond acceptors (Lipinski definition) is 3. The van der Waals surface area contributed by atoms with E-state index in [0.717, 1.165) is 30.7 Å². The van der Waals surface area contributed by atoms with Crippen LogP contribution in [0.5, 0.6) is 0 Å². The molecular formula is C22H27FO3S. The van der Waals surface area contributed by atoms with Crippen molar-refractivity contribution in [1.29, 1.82) is 0 Å². The molecule has 2 aromatic rings. The highest BCUT2D eigenvalue weighted by atomic mass is 32.2. The van der Waals surface area contributed by atoms with Gasteiger partial charge in [0.1, 0.15) is 5.82 Å². The summed E-state index contributed by atoms with van der Waals surface area (Å²) in [6.07, 6.45) is 8.79. The molecule has 4 rings (SSSR count). The molecule has 0 aromatic heterocycles. The molecule has 1 fully saturated rings. The van der Waals surface area contributed by atoms with E-state index in [9.17, 15) is 17.9 Å². The summed E-state index contributed by atoms with van der Waals surface area (Å²) in [5, 5.41) is 10.3. The minimum absolute atomic E-state index is 0.138. The number of rotatable bonds is 3. The van der Waals surface area contributed by atoms with E-state index in [2.05, 4.69) is 18.2 Å². The van der Waals surface area contributed by atoms with E-state index in [1.165, 1.54) is 55.4 Å². The van der Waals surface area contributed by atoms with Gasteiger partial charge in [-0.3, -0.25) is 0 Å². The maximum Gasteiger partial charge on any atom is 0.175 e. The van der Waals surface area contributed by atoms with Crippen LogP contribution in [0.4, 0.5) is 4.39 Å². The third kappa shape index (κ3) is 5.17. The van der Waals surface area contributed by atoms with E-state index in [4.69, 9.17) is 0 Å². The van der Waals surface area contributed by atoms with Crippen LogP contribution in [0, 0.1) is 17.7 Å². The van der Waals surface area contributed by atoms with Gasteiger partial charge in [0.25, 0.3) is 0 Å². The van der Waals surface area contributed by atoms with Gasteiger partial charge in [0.2, 0.25) is 0 Å². The highest BCUT2D eigenvalue weighted by Crippen LogP contribution is 2.42. The first-order valence-electron chi connectivity index (χ1n) is 9.56. The fourth-order valence-electron chi connectivity index (χ4n) is 4.22. The van der Waals surface area contributed by atoms with Crippen LogP contribution in [0.25, 0.3) is 0 Å². The smallest absolute Gasteiger partial charge is 0.175 e. The maximum atomic E-state index is 12.3. The number of halogens is 1. The van der Waals surface area contributed by atoms with Gasteiger partial charge < -0.3 is 5.11 Å². The average Bonchev–Trinajstić information content (AvgIpc) is 3.24. The van der Waals surface area contributed by atoms with Crippen LogP contribution in [-0.4, -0.2) is 19.8 Å². The van der Waals surface area contributed by atoms with Gasteiger partial charge in [0.05, 0.1) is 11.0 Å². The zero-order chi connectivity index (χ0) is 19.4. The quantitative estimate of drug-likeness (QED) is 0.773. The summed E-state index contributed by atoms with van der Waals surface area (Å²) in [4.78, 5) is 0.138. The summed E-state index contributed by atoms with van der Waals surface area (Å²) in [5.74, 6) is 0.937. The lowest BCUT2D eigenvalue weighted by Crippen LogP contribution is -2.11. The third-order valence-corrected chi connectivity index (χ3v) is 6.78. The minimum Gasteiger partial charge on any atom is -0.388 e. The minimum atomic E-state index is -3.19. The van der Waals surface area contributed by atoms with Crippen molar-refractivity contribution >= 4 is 9.84 Å². The Morgan fingerprint density at radius 1 is 1.04 bits per heavy atom. The van der Waals surface area contributed by atoms with Crippen LogP contribution < -0.4 is 0 Å². The Bertz CT molecular complexity index is 855. The molecule has 0 spiro atoms. The number of sulfone groups is 1. The number of hydrogen-bond donors (Lipinski definition) is 1. The number of aliphatic hydroxyl groups is 1. The lowest BCUT2D eigenvalue weighted by molar-refractivity contribution is 0.107. The summed E-state index contributed by atoms with van der Waals surface area (Å²) in [5.41, 5.74) is 2.56. The highest BCUT2D eigenvalue weighted by Gasteiger charge is 2.32. The summed E-state index contributed by atoms with van der Waals surface area (Å²) < 4.78 is 33.9. The molecular weight excluding hydrogens is 363 g/mol. The molecule has 27 heavy (non-hydrogen) atoms.